The smallest absolute Gasteiger partial charge is 0.304 e. The molecule has 1 unspecified atom stereocenters. The summed E-state index contributed by atoms with van der Waals surface area (Å²) in [5, 5.41) is -0.366. The van der Waals surface area contributed by atoms with Gasteiger partial charge < -0.3 is 19.5 Å². The van der Waals surface area contributed by atoms with Crippen LogP contribution in [0.2, 0.25) is 0 Å². The number of H-pyrrole nitrogens is 1. The molecule has 0 bridgehead atoms. The Bertz CT molecular complexity index is 1220. The highest BCUT2D eigenvalue weighted by Crippen LogP contribution is 2.32. The largest absolute Gasteiger partial charge is 0.452 e. The number of hydrogen-bond donors (Lipinski definition) is 1. The van der Waals surface area contributed by atoms with E-state index in [0.717, 1.165) is 18.3 Å². The Morgan fingerprint density at radius 1 is 0.912 bits per heavy atom. The number of ether oxygens (including phenoxy) is 1. The number of nitrogens with one attached hydrogen (secondary N) is 1. The Morgan fingerprint density at radius 3 is 2.21 bits per heavy atom. The second kappa shape index (κ2) is 9.54. The molecule has 0 spiro atoms. The Kier molecular flexibility index (Phi) is 6.53. The molecule has 1 aliphatic rings. The molecule has 3 aromatic rings. The van der Waals surface area contributed by atoms with Crippen molar-refractivity contribution < 1.29 is 36.7 Å². The van der Waals surface area contributed by atoms with Gasteiger partial charge in [0.1, 0.15) is 11.6 Å². The first kappa shape index (κ1) is 23.3. The van der Waals surface area contributed by atoms with Crippen LogP contribution in [0, 0.1) is 5.82 Å². The zero-order chi connectivity index (χ0) is 24.4. The van der Waals surface area contributed by atoms with Crippen LogP contribution in [0.3, 0.4) is 0 Å². The predicted octanol–water partition coefficient (Wildman–Crippen LogP) is 3.41. The standard InChI is InChI=1S/C23H19F4N3O4/c24-15-6-7-16(34-21(27)20(25)26)18-17(15)14(12-28-18)19(31)23(33)30-10-8-29(9-11-30)22(32)13-4-2-1-3-5-13/h1-7,12,20-21,28H,8-11H2. The molecule has 1 saturated heterocycles. The quantitative estimate of drug-likeness (QED) is 0.335. The summed E-state index contributed by atoms with van der Waals surface area (Å²) in [4.78, 5) is 43.5. The number of fused-ring (bicyclic) bond motifs is 1. The SMILES string of the molecule is O=C(C(=O)N1CCN(C(=O)c2ccccc2)CC1)c1c[nH]c2c(OC(F)C(F)F)ccc(F)c12. The molecule has 178 valence electrons. The van der Waals surface area contributed by atoms with Crippen LogP contribution in [0.5, 0.6) is 5.75 Å². The summed E-state index contributed by atoms with van der Waals surface area (Å²) in [6.45, 7) is 0.609. The average molecular weight is 477 g/mol. The van der Waals surface area contributed by atoms with Crippen LogP contribution in [0.4, 0.5) is 17.6 Å². The number of aromatic amines is 1. The van der Waals surface area contributed by atoms with E-state index in [1.54, 1.807) is 35.2 Å². The molecule has 7 nitrogen and oxygen atoms in total. The van der Waals surface area contributed by atoms with Crippen LogP contribution in [0.25, 0.3) is 10.9 Å². The lowest BCUT2D eigenvalue weighted by molar-refractivity contribution is -0.127. The van der Waals surface area contributed by atoms with Gasteiger partial charge in [-0.25, -0.2) is 13.2 Å². The third-order valence-corrected chi connectivity index (χ3v) is 5.50. The number of alkyl halides is 3. The van der Waals surface area contributed by atoms with Crippen molar-refractivity contribution >= 4 is 28.5 Å². The number of carbonyl (C=O) groups excluding carboxylic acids is 3. The molecule has 1 aromatic heterocycles. The number of carbonyl (C=O) groups is 3. The van der Waals surface area contributed by atoms with E-state index in [-0.39, 0.29) is 48.6 Å². The van der Waals surface area contributed by atoms with E-state index in [1.807, 2.05) is 0 Å². The van der Waals surface area contributed by atoms with Gasteiger partial charge in [0.05, 0.1) is 16.5 Å². The molecule has 0 saturated carbocycles. The van der Waals surface area contributed by atoms with E-state index >= 15 is 0 Å². The zero-order valence-electron chi connectivity index (χ0n) is 17.6. The minimum atomic E-state index is -3.43. The lowest BCUT2D eigenvalue weighted by Gasteiger charge is -2.34. The number of piperazine rings is 1. The molecule has 2 amide bonds. The highest BCUT2D eigenvalue weighted by Gasteiger charge is 2.31. The molecule has 2 aromatic carbocycles. The second-order valence-electron chi connectivity index (χ2n) is 7.58. The molecule has 0 aliphatic carbocycles. The summed E-state index contributed by atoms with van der Waals surface area (Å²) < 4.78 is 57.3. The normalized spacial score (nSPS) is 15.0. The van der Waals surface area contributed by atoms with Crippen molar-refractivity contribution in [1.29, 1.82) is 0 Å². The molecule has 0 radical (unpaired) electrons. The average Bonchev–Trinajstić information content (AvgIpc) is 3.31. The van der Waals surface area contributed by atoms with E-state index in [9.17, 15) is 31.9 Å². The van der Waals surface area contributed by atoms with Gasteiger partial charge in [-0.05, 0) is 24.3 Å². The fraction of sp³-hybridized carbons (Fsp3) is 0.261. The number of aromatic nitrogens is 1. The summed E-state index contributed by atoms with van der Waals surface area (Å²) in [6, 6.07) is 10.4. The van der Waals surface area contributed by atoms with Gasteiger partial charge in [0.25, 0.3) is 24.0 Å². The third kappa shape index (κ3) is 4.45. The summed E-state index contributed by atoms with van der Waals surface area (Å²) in [6.07, 6.45) is -5.33. The van der Waals surface area contributed by atoms with Crippen molar-refractivity contribution in [3.8, 4) is 5.75 Å². The van der Waals surface area contributed by atoms with Crippen molar-refractivity contribution in [1.82, 2.24) is 14.8 Å². The molecule has 34 heavy (non-hydrogen) atoms. The summed E-state index contributed by atoms with van der Waals surface area (Å²) >= 11 is 0. The van der Waals surface area contributed by atoms with Crippen LogP contribution >= 0.6 is 0 Å². The number of Topliss-reactive ketones (excluding diaryl/α,β-unsaturated/α-hetero) is 1. The molecular weight excluding hydrogens is 458 g/mol. The molecule has 2 heterocycles. The van der Waals surface area contributed by atoms with Gasteiger partial charge in [0.15, 0.2) is 0 Å². The Hall–Kier alpha value is -3.89. The second-order valence-corrected chi connectivity index (χ2v) is 7.58. The molecule has 1 atom stereocenters. The Balaban J connectivity index is 1.48. The maximum atomic E-state index is 14.5. The van der Waals surface area contributed by atoms with E-state index in [4.69, 9.17) is 0 Å². The van der Waals surface area contributed by atoms with Gasteiger partial charge in [-0.15, -0.1) is 0 Å². The molecule has 1 N–H and O–H groups in total. The summed E-state index contributed by atoms with van der Waals surface area (Å²) in [5.74, 6) is -3.47. The molecule has 1 fully saturated rings. The van der Waals surface area contributed by atoms with E-state index in [0.29, 0.717) is 5.56 Å². The highest BCUT2D eigenvalue weighted by molar-refractivity contribution is 6.45. The van der Waals surface area contributed by atoms with Crippen LogP contribution < -0.4 is 4.74 Å². The van der Waals surface area contributed by atoms with E-state index < -0.39 is 36.0 Å². The third-order valence-electron chi connectivity index (χ3n) is 5.50. The predicted molar refractivity (Wildman–Crippen MR) is 113 cm³/mol. The van der Waals surface area contributed by atoms with Crippen molar-refractivity contribution in [2.75, 3.05) is 26.2 Å². The first-order valence-electron chi connectivity index (χ1n) is 10.3. The van der Waals surface area contributed by atoms with Gasteiger partial charge in [-0.1, -0.05) is 18.2 Å². The molecular formula is C23H19F4N3O4. The number of ketones is 1. The maximum Gasteiger partial charge on any atom is 0.304 e. The van der Waals surface area contributed by atoms with E-state index in [1.165, 1.54) is 4.90 Å². The maximum absolute atomic E-state index is 14.5. The number of benzene rings is 2. The first-order chi connectivity index (χ1) is 16.3. The molecule has 4 rings (SSSR count). The van der Waals surface area contributed by atoms with Gasteiger partial charge in [0.2, 0.25) is 0 Å². The lowest BCUT2D eigenvalue weighted by Crippen LogP contribution is -2.52. The summed E-state index contributed by atoms with van der Waals surface area (Å²) in [5.41, 5.74) is -0.0519. The topological polar surface area (TPSA) is 82.7 Å². The van der Waals surface area contributed by atoms with Gasteiger partial charge in [-0.2, -0.15) is 4.39 Å². The Labute approximate surface area is 190 Å². The first-order valence-corrected chi connectivity index (χ1v) is 10.3. The van der Waals surface area contributed by atoms with Crippen LogP contribution in [-0.2, 0) is 4.79 Å². The number of amides is 2. The minimum Gasteiger partial charge on any atom is -0.452 e. The van der Waals surface area contributed by atoms with Crippen LogP contribution in [0.15, 0.2) is 48.7 Å². The Morgan fingerprint density at radius 2 is 1.56 bits per heavy atom. The fourth-order valence-corrected chi connectivity index (χ4v) is 3.77. The lowest BCUT2D eigenvalue weighted by atomic mass is 10.1. The fourth-order valence-electron chi connectivity index (χ4n) is 3.77. The van der Waals surface area contributed by atoms with Crippen molar-refractivity contribution in [3.63, 3.8) is 0 Å². The van der Waals surface area contributed by atoms with Crippen LogP contribution in [-0.4, -0.2) is 71.3 Å². The number of halogens is 4. The van der Waals surface area contributed by atoms with Crippen LogP contribution in [0.1, 0.15) is 20.7 Å². The number of rotatable bonds is 6. The van der Waals surface area contributed by atoms with Gasteiger partial charge in [0, 0.05) is 37.9 Å². The zero-order valence-corrected chi connectivity index (χ0v) is 17.6. The van der Waals surface area contributed by atoms with Crippen molar-refractivity contribution in [2.45, 2.75) is 12.8 Å². The minimum absolute atomic E-state index is 0.0975. The molecule has 11 heteroatoms. The van der Waals surface area contributed by atoms with Crippen molar-refractivity contribution in [2.24, 2.45) is 0 Å². The van der Waals surface area contributed by atoms with Gasteiger partial charge in [-0.3, -0.25) is 14.4 Å². The number of nitrogens with zero attached hydrogens (tertiary/aromatic N) is 2. The summed E-state index contributed by atoms with van der Waals surface area (Å²) in [7, 11) is 0. The van der Waals surface area contributed by atoms with E-state index in [2.05, 4.69) is 9.72 Å². The van der Waals surface area contributed by atoms with Gasteiger partial charge >= 0.3 is 6.43 Å². The molecule has 1 aliphatic heterocycles. The number of hydrogen-bond acceptors (Lipinski definition) is 4. The van der Waals surface area contributed by atoms with Crippen molar-refractivity contribution in [3.05, 3.63) is 65.6 Å². The monoisotopic (exact) mass is 477 g/mol. The highest BCUT2D eigenvalue weighted by atomic mass is 19.3.